The van der Waals surface area contributed by atoms with E-state index in [1.54, 1.807) is 0 Å². The van der Waals surface area contributed by atoms with Gasteiger partial charge in [0.2, 0.25) is 0 Å². The minimum Gasteiger partial charge on any atom is -0.342 e. The normalized spacial score (nSPS) is 10.1. The highest BCUT2D eigenvalue weighted by Crippen LogP contribution is 2.12. The van der Waals surface area contributed by atoms with Crippen molar-refractivity contribution in [1.82, 2.24) is 9.97 Å². The second kappa shape index (κ2) is 4.44. The van der Waals surface area contributed by atoms with Crippen molar-refractivity contribution in [3.05, 3.63) is 29.6 Å². The monoisotopic (exact) mass is 211 g/mol. The van der Waals surface area contributed by atoms with Crippen molar-refractivity contribution < 1.29 is 0 Å². The van der Waals surface area contributed by atoms with Gasteiger partial charge in [-0.1, -0.05) is 6.07 Å². The SMILES string of the molecule is Cc1ccc2nc(CCN)[nH]c2c1.Cl. The Morgan fingerprint density at radius 1 is 1.43 bits per heavy atom. The van der Waals surface area contributed by atoms with Gasteiger partial charge in [-0.25, -0.2) is 4.98 Å². The third kappa shape index (κ3) is 2.05. The Hall–Kier alpha value is -1.06. The van der Waals surface area contributed by atoms with Crippen LogP contribution >= 0.6 is 12.4 Å². The number of aromatic nitrogens is 2. The molecule has 14 heavy (non-hydrogen) atoms. The molecule has 4 heteroatoms. The first-order valence-electron chi connectivity index (χ1n) is 4.45. The maximum atomic E-state index is 5.45. The Balaban J connectivity index is 0.000000980. The first-order chi connectivity index (χ1) is 6.29. The highest BCUT2D eigenvalue weighted by Gasteiger charge is 2.00. The number of aryl methyl sites for hydroxylation is 1. The fourth-order valence-electron chi connectivity index (χ4n) is 1.43. The Bertz CT molecular complexity index is 422. The fraction of sp³-hybridized carbons (Fsp3) is 0.300. The third-order valence-corrected chi connectivity index (χ3v) is 2.07. The van der Waals surface area contributed by atoms with E-state index < -0.39 is 0 Å². The Morgan fingerprint density at radius 3 is 2.93 bits per heavy atom. The number of halogens is 1. The lowest BCUT2D eigenvalue weighted by Crippen LogP contribution is -2.03. The number of nitrogens with two attached hydrogens (primary N) is 1. The molecule has 76 valence electrons. The van der Waals surface area contributed by atoms with Crippen molar-refractivity contribution in [3.63, 3.8) is 0 Å². The number of hydrogen-bond acceptors (Lipinski definition) is 2. The first kappa shape index (κ1) is 11.0. The number of fused-ring (bicyclic) bond motifs is 1. The molecular weight excluding hydrogens is 198 g/mol. The minimum absolute atomic E-state index is 0. The van der Waals surface area contributed by atoms with Crippen LogP contribution in [0.2, 0.25) is 0 Å². The van der Waals surface area contributed by atoms with Gasteiger partial charge in [-0.3, -0.25) is 0 Å². The summed E-state index contributed by atoms with van der Waals surface area (Å²) in [5.41, 5.74) is 8.82. The number of hydrogen-bond donors (Lipinski definition) is 2. The molecule has 3 nitrogen and oxygen atoms in total. The van der Waals surface area contributed by atoms with E-state index in [-0.39, 0.29) is 12.4 Å². The van der Waals surface area contributed by atoms with Crippen molar-refractivity contribution in [2.75, 3.05) is 6.54 Å². The van der Waals surface area contributed by atoms with E-state index in [1.807, 2.05) is 6.07 Å². The number of H-pyrrole nitrogens is 1. The summed E-state index contributed by atoms with van der Waals surface area (Å²) in [4.78, 5) is 7.65. The van der Waals surface area contributed by atoms with Gasteiger partial charge in [-0.2, -0.15) is 0 Å². The van der Waals surface area contributed by atoms with Gasteiger partial charge in [0, 0.05) is 6.42 Å². The molecule has 0 bridgehead atoms. The average Bonchev–Trinajstić information content (AvgIpc) is 2.46. The van der Waals surface area contributed by atoms with Crippen LogP contribution in [0.25, 0.3) is 11.0 Å². The number of nitrogens with one attached hydrogen (secondary N) is 1. The van der Waals surface area contributed by atoms with Gasteiger partial charge in [0.1, 0.15) is 5.82 Å². The Labute approximate surface area is 89.1 Å². The molecule has 0 fully saturated rings. The molecule has 0 saturated heterocycles. The molecular formula is C10H14ClN3. The summed E-state index contributed by atoms with van der Waals surface area (Å²) in [6, 6.07) is 6.19. The predicted octanol–water partition coefficient (Wildman–Crippen LogP) is 1.79. The van der Waals surface area contributed by atoms with Crippen molar-refractivity contribution >= 4 is 23.4 Å². The molecule has 0 aliphatic heterocycles. The molecule has 0 atom stereocenters. The third-order valence-electron chi connectivity index (χ3n) is 2.07. The molecule has 0 unspecified atom stereocenters. The summed E-state index contributed by atoms with van der Waals surface area (Å²) in [5.74, 6) is 0.975. The lowest BCUT2D eigenvalue weighted by Gasteiger charge is -1.89. The van der Waals surface area contributed by atoms with E-state index in [9.17, 15) is 0 Å². The van der Waals surface area contributed by atoms with E-state index in [1.165, 1.54) is 5.56 Å². The van der Waals surface area contributed by atoms with Crippen molar-refractivity contribution in [2.45, 2.75) is 13.3 Å². The molecule has 0 radical (unpaired) electrons. The van der Waals surface area contributed by atoms with E-state index >= 15 is 0 Å². The van der Waals surface area contributed by atoms with Crippen molar-refractivity contribution in [3.8, 4) is 0 Å². The van der Waals surface area contributed by atoms with E-state index in [0.29, 0.717) is 6.54 Å². The van der Waals surface area contributed by atoms with Gasteiger partial charge in [-0.15, -0.1) is 12.4 Å². The van der Waals surface area contributed by atoms with Gasteiger partial charge in [-0.05, 0) is 31.2 Å². The van der Waals surface area contributed by atoms with Crippen LogP contribution < -0.4 is 5.73 Å². The zero-order valence-electron chi connectivity index (χ0n) is 8.08. The molecule has 1 heterocycles. The number of aromatic amines is 1. The largest absolute Gasteiger partial charge is 0.342 e. The van der Waals surface area contributed by atoms with Crippen LogP contribution in [0.4, 0.5) is 0 Å². The maximum Gasteiger partial charge on any atom is 0.108 e. The Kier molecular flexibility index (Phi) is 3.49. The maximum absolute atomic E-state index is 5.45. The van der Waals surface area contributed by atoms with E-state index in [0.717, 1.165) is 23.3 Å². The first-order valence-corrected chi connectivity index (χ1v) is 4.45. The quantitative estimate of drug-likeness (QED) is 0.796. The van der Waals surface area contributed by atoms with Gasteiger partial charge in [0.15, 0.2) is 0 Å². The summed E-state index contributed by atoms with van der Waals surface area (Å²) in [6.45, 7) is 2.71. The van der Waals surface area contributed by atoms with Crippen molar-refractivity contribution in [2.24, 2.45) is 5.73 Å². The van der Waals surface area contributed by atoms with E-state index in [2.05, 4.69) is 29.0 Å². The number of imidazole rings is 1. The van der Waals surface area contributed by atoms with Gasteiger partial charge in [0.25, 0.3) is 0 Å². The lowest BCUT2D eigenvalue weighted by atomic mass is 10.2. The summed E-state index contributed by atoms with van der Waals surface area (Å²) >= 11 is 0. The van der Waals surface area contributed by atoms with Gasteiger partial charge in [0.05, 0.1) is 11.0 Å². The van der Waals surface area contributed by atoms with Crippen LogP contribution in [0.5, 0.6) is 0 Å². The predicted molar refractivity (Wildman–Crippen MR) is 60.8 cm³/mol. The molecule has 0 amide bonds. The molecule has 0 spiro atoms. The molecule has 2 aromatic rings. The Morgan fingerprint density at radius 2 is 2.21 bits per heavy atom. The second-order valence-electron chi connectivity index (χ2n) is 3.24. The molecule has 2 rings (SSSR count). The smallest absolute Gasteiger partial charge is 0.108 e. The highest BCUT2D eigenvalue weighted by molar-refractivity contribution is 5.85. The molecule has 1 aromatic heterocycles. The zero-order chi connectivity index (χ0) is 9.26. The van der Waals surface area contributed by atoms with Crippen LogP contribution in [0.1, 0.15) is 11.4 Å². The van der Waals surface area contributed by atoms with Crippen molar-refractivity contribution in [1.29, 1.82) is 0 Å². The zero-order valence-corrected chi connectivity index (χ0v) is 8.90. The van der Waals surface area contributed by atoms with Crippen LogP contribution in [-0.4, -0.2) is 16.5 Å². The summed E-state index contributed by atoms with van der Waals surface area (Å²) in [5, 5.41) is 0. The summed E-state index contributed by atoms with van der Waals surface area (Å²) in [7, 11) is 0. The molecule has 0 aliphatic carbocycles. The van der Waals surface area contributed by atoms with Crippen LogP contribution in [0.15, 0.2) is 18.2 Å². The second-order valence-corrected chi connectivity index (χ2v) is 3.24. The summed E-state index contributed by atoms with van der Waals surface area (Å²) in [6.07, 6.45) is 0.813. The van der Waals surface area contributed by atoms with Crippen LogP contribution in [0, 0.1) is 6.92 Å². The van der Waals surface area contributed by atoms with Crippen LogP contribution in [0.3, 0.4) is 0 Å². The molecule has 0 aliphatic rings. The average molecular weight is 212 g/mol. The number of rotatable bonds is 2. The van der Waals surface area contributed by atoms with Gasteiger partial charge < -0.3 is 10.7 Å². The van der Waals surface area contributed by atoms with E-state index in [4.69, 9.17) is 5.73 Å². The standard InChI is InChI=1S/C10H13N3.ClH/c1-7-2-3-8-9(6-7)13-10(12-8)4-5-11;/h2-3,6H,4-5,11H2,1H3,(H,12,13);1H. The number of nitrogens with zero attached hydrogens (tertiary/aromatic N) is 1. The minimum atomic E-state index is 0. The number of benzene rings is 1. The highest BCUT2D eigenvalue weighted by atomic mass is 35.5. The molecule has 0 saturated carbocycles. The molecule has 3 N–H and O–H groups in total. The molecule has 1 aromatic carbocycles. The lowest BCUT2D eigenvalue weighted by molar-refractivity contribution is 0.900. The summed E-state index contributed by atoms with van der Waals surface area (Å²) < 4.78 is 0. The topological polar surface area (TPSA) is 54.7 Å². The van der Waals surface area contributed by atoms with Gasteiger partial charge >= 0.3 is 0 Å². The van der Waals surface area contributed by atoms with Crippen LogP contribution in [-0.2, 0) is 6.42 Å². The fourth-order valence-corrected chi connectivity index (χ4v) is 1.43.